The minimum absolute atomic E-state index is 0.709. The van der Waals surface area contributed by atoms with Gasteiger partial charge in [-0.3, -0.25) is 0 Å². The van der Waals surface area contributed by atoms with E-state index in [9.17, 15) is 0 Å². The molecule has 0 aliphatic rings. The predicted octanol–water partition coefficient (Wildman–Crippen LogP) is 4.50. The van der Waals surface area contributed by atoms with Crippen LogP contribution < -0.4 is 0 Å². The van der Waals surface area contributed by atoms with E-state index >= 15 is 0 Å². The fourth-order valence-corrected chi connectivity index (χ4v) is 3.73. The summed E-state index contributed by atoms with van der Waals surface area (Å²) < 4.78 is 0.879. The molecule has 1 heterocycles. The zero-order valence-electron chi connectivity index (χ0n) is 10.0. The molecular weight excluding hydrogens is 306 g/mol. The van der Waals surface area contributed by atoms with Crippen LogP contribution in [-0.4, -0.2) is 23.8 Å². The van der Waals surface area contributed by atoms with Crippen LogP contribution in [0.25, 0.3) is 0 Å². The highest BCUT2D eigenvalue weighted by molar-refractivity contribution is 9.09. The molecule has 0 amide bonds. The zero-order chi connectivity index (χ0) is 12.1. The van der Waals surface area contributed by atoms with Crippen molar-refractivity contribution in [2.24, 2.45) is 11.8 Å². The minimum Gasteiger partial charge on any atom is -0.301 e. The molecule has 0 radical (unpaired) electrons. The molecule has 1 unspecified atom stereocenters. The smallest absolute Gasteiger partial charge is 0.0931 e. The molecule has 0 aliphatic carbocycles. The molecule has 1 nitrogen and oxygen atoms in total. The summed E-state index contributed by atoms with van der Waals surface area (Å²) in [5.74, 6) is 1.43. The highest BCUT2D eigenvalue weighted by Crippen LogP contribution is 2.23. The first-order valence-corrected chi connectivity index (χ1v) is 7.83. The molecule has 1 aromatic heterocycles. The maximum atomic E-state index is 5.92. The number of halogens is 2. The van der Waals surface area contributed by atoms with Gasteiger partial charge >= 0.3 is 0 Å². The average molecular weight is 325 g/mol. The van der Waals surface area contributed by atoms with E-state index in [0.29, 0.717) is 11.8 Å². The third-order valence-corrected chi connectivity index (χ3v) is 4.79. The molecule has 0 fully saturated rings. The first kappa shape index (κ1) is 14.5. The monoisotopic (exact) mass is 323 g/mol. The van der Waals surface area contributed by atoms with Crippen molar-refractivity contribution in [3.8, 4) is 0 Å². The molecule has 1 aromatic rings. The van der Waals surface area contributed by atoms with E-state index in [-0.39, 0.29) is 0 Å². The summed E-state index contributed by atoms with van der Waals surface area (Å²) >= 11 is 11.2. The summed E-state index contributed by atoms with van der Waals surface area (Å²) in [6.45, 7) is 6.68. The molecule has 0 saturated heterocycles. The van der Waals surface area contributed by atoms with E-state index in [0.717, 1.165) is 22.8 Å². The Kier molecular flexibility index (Phi) is 6.34. The Balaban J connectivity index is 2.43. The highest BCUT2D eigenvalue weighted by Gasteiger charge is 2.14. The van der Waals surface area contributed by atoms with Gasteiger partial charge in [-0.25, -0.2) is 0 Å². The highest BCUT2D eigenvalue weighted by atomic mass is 79.9. The Morgan fingerprint density at radius 2 is 2.12 bits per heavy atom. The van der Waals surface area contributed by atoms with Gasteiger partial charge in [-0.2, -0.15) is 0 Å². The van der Waals surface area contributed by atoms with Gasteiger partial charge in [0.1, 0.15) is 0 Å². The maximum absolute atomic E-state index is 5.92. The van der Waals surface area contributed by atoms with Crippen LogP contribution in [0.4, 0.5) is 0 Å². The third kappa shape index (κ3) is 4.74. The number of hydrogen-bond acceptors (Lipinski definition) is 2. The third-order valence-electron chi connectivity index (χ3n) is 2.74. The molecular formula is C12H19BrClNS. The fraction of sp³-hybridized carbons (Fsp3) is 0.667. The van der Waals surface area contributed by atoms with Gasteiger partial charge < -0.3 is 4.90 Å². The number of hydrogen-bond donors (Lipinski definition) is 0. The molecule has 0 spiro atoms. The average Bonchev–Trinajstić information content (AvgIpc) is 2.60. The van der Waals surface area contributed by atoms with Gasteiger partial charge in [0.05, 0.1) is 4.34 Å². The quantitative estimate of drug-likeness (QED) is 0.696. The first-order valence-electron chi connectivity index (χ1n) is 5.51. The Hall–Kier alpha value is 0.430. The van der Waals surface area contributed by atoms with Crippen molar-refractivity contribution in [1.82, 2.24) is 4.90 Å². The summed E-state index contributed by atoms with van der Waals surface area (Å²) in [5, 5.41) is 1.07. The van der Waals surface area contributed by atoms with Gasteiger partial charge in [0.15, 0.2) is 0 Å². The largest absolute Gasteiger partial charge is 0.301 e. The number of rotatable bonds is 6. The van der Waals surface area contributed by atoms with Crippen LogP contribution in [0.3, 0.4) is 0 Å². The van der Waals surface area contributed by atoms with Crippen molar-refractivity contribution in [1.29, 1.82) is 0 Å². The predicted molar refractivity (Wildman–Crippen MR) is 77.8 cm³/mol. The molecule has 16 heavy (non-hydrogen) atoms. The topological polar surface area (TPSA) is 3.24 Å². The van der Waals surface area contributed by atoms with Gasteiger partial charge in [0.25, 0.3) is 0 Å². The van der Waals surface area contributed by atoms with Gasteiger partial charge in [-0.15, -0.1) is 11.3 Å². The molecule has 0 aliphatic heterocycles. The minimum atomic E-state index is 0.709. The van der Waals surface area contributed by atoms with Crippen LogP contribution in [0.1, 0.15) is 18.7 Å². The van der Waals surface area contributed by atoms with Crippen molar-refractivity contribution < 1.29 is 0 Å². The van der Waals surface area contributed by atoms with Crippen LogP contribution in [-0.2, 0) is 6.54 Å². The van der Waals surface area contributed by atoms with E-state index in [2.05, 4.69) is 47.8 Å². The zero-order valence-corrected chi connectivity index (χ0v) is 13.2. The molecule has 4 heteroatoms. The first-order chi connectivity index (χ1) is 7.52. The Morgan fingerprint density at radius 3 is 2.56 bits per heavy atom. The summed E-state index contributed by atoms with van der Waals surface area (Å²) in [6.07, 6.45) is 0. The summed E-state index contributed by atoms with van der Waals surface area (Å²) in [7, 11) is 2.17. The number of thiophene rings is 1. The van der Waals surface area contributed by atoms with Crippen molar-refractivity contribution in [3.63, 3.8) is 0 Å². The molecule has 1 rings (SSSR count). The van der Waals surface area contributed by atoms with Crippen molar-refractivity contribution in [2.45, 2.75) is 20.4 Å². The van der Waals surface area contributed by atoms with Gasteiger partial charge in [-0.05, 0) is 31.0 Å². The standard InChI is InChI=1S/C12H19BrClNS/c1-9(2)10(6-13)7-15(3)8-11-4-5-12(14)16-11/h4-5,9-10H,6-8H2,1-3H3. The van der Waals surface area contributed by atoms with E-state index in [1.54, 1.807) is 11.3 Å². The van der Waals surface area contributed by atoms with Gasteiger partial charge in [0.2, 0.25) is 0 Å². The number of nitrogens with zero attached hydrogens (tertiary/aromatic N) is 1. The Morgan fingerprint density at radius 1 is 1.44 bits per heavy atom. The molecule has 1 atom stereocenters. The van der Waals surface area contributed by atoms with Crippen LogP contribution in [0, 0.1) is 11.8 Å². The van der Waals surface area contributed by atoms with Crippen LogP contribution in [0.5, 0.6) is 0 Å². The lowest BCUT2D eigenvalue weighted by Crippen LogP contribution is -2.28. The molecule has 0 aromatic carbocycles. The van der Waals surface area contributed by atoms with Crippen molar-refractivity contribution in [2.75, 3.05) is 18.9 Å². The van der Waals surface area contributed by atoms with E-state index in [1.807, 2.05) is 6.07 Å². The van der Waals surface area contributed by atoms with Crippen LogP contribution >= 0.6 is 38.9 Å². The SMILES string of the molecule is CC(C)C(CBr)CN(C)Cc1ccc(Cl)s1. The van der Waals surface area contributed by atoms with Crippen molar-refractivity contribution >= 4 is 38.9 Å². The second-order valence-corrected chi connectivity index (χ2v) is 7.01. The summed E-state index contributed by atoms with van der Waals surface area (Å²) in [6, 6.07) is 4.09. The lowest BCUT2D eigenvalue weighted by molar-refractivity contribution is 0.249. The van der Waals surface area contributed by atoms with E-state index in [1.165, 1.54) is 4.88 Å². The van der Waals surface area contributed by atoms with Crippen molar-refractivity contribution in [3.05, 3.63) is 21.3 Å². The molecule has 0 N–H and O–H groups in total. The van der Waals surface area contributed by atoms with Gasteiger partial charge in [-0.1, -0.05) is 41.4 Å². The maximum Gasteiger partial charge on any atom is 0.0931 e. The fourth-order valence-electron chi connectivity index (χ4n) is 1.61. The van der Waals surface area contributed by atoms with E-state index < -0.39 is 0 Å². The Labute approximate surface area is 116 Å². The second-order valence-electron chi connectivity index (χ2n) is 4.56. The lowest BCUT2D eigenvalue weighted by atomic mass is 9.98. The lowest BCUT2D eigenvalue weighted by Gasteiger charge is -2.24. The molecule has 0 bridgehead atoms. The normalized spacial score (nSPS) is 13.7. The van der Waals surface area contributed by atoms with Crippen LogP contribution in [0.2, 0.25) is 4.34 Å². The van der Waals surface area contributed by atoms with E-state index in [4.69, 9.17) is 11.6 Å². The Bertz CT molecular complexity index is 314. The van der Waals surface area contributed by atoms with Gasteiger partial charge in [0, 0.05) is 23.3 Å². The second kappa shape index (κ2) is 7.00. The summed E-state index contributed by atoms with van der Waals surface area (Å²) in [4.78, 5) is 3.71. The van der Waals surface area contributed by atoms with Crippen LogP contribution in [0.15, 0.2) is 12.1 Å². The molecule has 0 saturated carbocycles. The molecule has 92 valence electrons. The number of alkyl halides is 1. The summed E-state index contributed by atoms with van der Waals surface area (Å²) in [5.41, 5.74) is 0.